The Hall–Kier alpha value is -2.14. The minimum Gasteiger partial charge on any atom is -0.354 e. The standard InChI is InChI=1S/C20H23ClN4O/c1-12(2)25-11-15-17(16(21)14-6-4-3-5-7-14)23-20(22-10-13-8-9-13)24-18(15)19(25)26/h3-7,12-13,16H,8-11H2,1-2H3,(H,22,23,24). The molecule has 1 aromatic heterocycles. The van der Waals surface area contributed by atoms with E-state index in [2.05, 4.69) is 10.3 Å². The normalized spacial score (nSPS) is 17.5. The van der Waals surface area contributed by atoms with Crippen LogP contribution in [0.4, 0.5) is 5.95 Å². The lowest BCUT2D eigenvalue weighted by Gasteiger charge is -2.20. The topological polar surface area (TPSA) is 58.1 Å². The molecule has 2 aliphatic rings. The smallest absolute Gasteiger partial charge is 0.273 e. The zero-order valence-electron chi connectivity index (χ0n) is 15.1. The fourth-order valence-electron chi connectivity index (χ4n) is 3.26. The maximum Gasteiger partial charge on any atom is 0.273 e. The first-order chi connectivity index (χ1) is 12.5. The molecule has 26 heavy (non-hydrogen) atoms. The summed E-state index contributed by atoms with van der Waals surface area (Å²) in [6.45, 7) is 5.38. The van der Waals surface area contributed by atoms with Crippen LogP contribution in [0, 0.1) is 5.92 Å². The van der Waals surface area contributed by atoms with Gasteiger partial charge >= 0.3 is 0 Å². The van der Waals surface area contributed by atoms with Gasteiger partial charge in [-0.05, 0) is 38.2 Å². The van der Waals surface area contributed by atoms with Crippen LogP contribution in [0.2, 0.25) is 0 Å². The van der Waals surface area contributed by atoms with Crippen LogP contribution in [0.3, 0.4) is 0 Å². The maximum atomic E-state index is 12.8. The molecule has 2 aromatic rings. The summed E-state index contributed by atoms with van der Waals surface area (Å²) in [5.41, 5.74) is 3.05. The van der Waals surface area contributed by atoms with Crippen molar-refractivity contribution in [3.63, 3.8) is 0 Å². The van der Waals surface area contributed by atoms with Crippen LogP contribution in [0.5, 0.6) is 0 Å². The van der Waals surface area contributed by atoms with E-state index in [9.17, 15) is 4.79 Å². The minimum atomic E-state index is -0.408. The Kier molecular flexibility index (Phi) is 4.57. The van der Waals surface area contributed by atoms with Gasteiger partial charge in [0, 0.05) is 18.2 Å². The summed E-state index contributed by atoms with van der Waals surface area (Å²) in [5.74, 6) is 1.16. The maximum absolute atomic E-state index is 12.8. The van der Waals surface area contributed by atoms with Gasteiger partial charge < -0.3 is 10.2 Å². The molecule has 1 aliphatic carbocycles. The average molecular weight is 371 g/mol. The fourth-order valence-corrected chi connectivity index (χ4v) is 3.58. The van der Waals surface area contributed by atoms with Gasteiger partial charge in [-0.15, -0.1) is 11.6 Å². The summed E-state index contributed by atoms with van der Waals surface area (Å²) in [6, 6.07) is 9.97. The highest BCUT2D eigenvalue weighted by Gasteiger charge is 2.36. The molecular weight excluding hydrogens is 348 g/mol. The predicted octanol–water partition coefficient (Wildman–Crippen LogP) is 3.99. The summed E-state index contributed by atoms with van der Waals surface area (Å²) >= 11 is 6.79. The van der Waals surface area contributed by atoms with Crippen LogP contribution in [-0.2, 0) is 6.54 Å². The van der Waals surface area contributed by atoms with Crippen molar-refractivity contribution in [1.29, 1.82) is 0 Å². The second kappa shape index (κ2) is 6.88. The number of rotatable bonds is 6. The number of carbonyl (C=O) groups excluding carboxylic acids is 1. The first kappa shape index (κ1) is 17.3. The summed E-state index contributed by atoms with van der Waals surface area (Å²) in [7, 11) is 0. The Labute approximate surface area is 158 Å². The lowest BCUT2D eigenvalue weighted by atomic mass is 10.0. The summed E-state index contributed by atoms with van der Waals surface area (Å²) in [6.07, 6.45) is 2.49. The third-order valence-electron chi connectivity index (χ3n) is 5.03. The van der Waals surface area contributed by atoms with Crippen LogP contribution in [-0.4, -0.2) is 33.4 Å². The summed E-state index contributed by atoms with van der Waals surface area (Å²) < 4.78 is 0. The van der Waals surface area contributed by atoms with Gasteiger partial charge in [0.25, 0.3) is 5.91 Å². The number of anilines is 1. The monoisotopic (exact) mass is 370 g/mol. The molecular formula is C20H23ClN4O. The molecule has 0 saturated heterocycles. The van der Waals surface area contributed by atoms with Crippen molar-refractivity contribution in [2.45, 2.75) is 44.7 Å². The van der Waals surface area contributed by atoms with Crippen LogP contribution in [0.15, 0.2) is 30.3 Å². The van der Waals surface area contributed by atoms with Crippen molar-refractivity contribution in [3.05, 3.63) is 52.8 Å². The highest BCUT2D eigenvalue weighted by atomic mass is 35.5. The Balaban J connectivity index is 1.74. The first-order valence-corrected chi connectivity index (χ1v) is 9.63. The van der Waals surface area contributed by atoms with E-state index in [0.717, 1.165) is 23.4 Å². The van der Waals surface area contributed by atoms with Gasteiger partial charge in [0.05, 0.1) is 12.2 Å². The molecule has 1 aliphatic heterocycles. The predicted molar refractivity (Wildman–Crippen MR) is 102 cm³/mol. The van der Waals surface area contributed by atoms with Gasteiger partial charge in [-0.25, -0.2) is 9.97 Å². The molecule has 1 fully saturated rings. The lowest BCUT2D eigenvalue weighted by molar-refractivity contribution is 0.0726. The Morgan fingerprint density at radius 2 is 1.96 bits per heavy atom. The molecule has 1 aromatic carbocycles. The molecule has 1 amide bonds. The molecule has 0 radical (unpaired) electrons. The van der Waals surface area contributed by atoms with E-state index in [1.54, 1.807) is 0 Å². The Morgan fingerprint density at radius 1 is 1.23 bits per heavy atom. The molecule has 136 valence electrons. The van der Waals surface area contributed by atoms with E-state index in [0.29, 0.717) is 24.1 Å². The van der Waals surface area contributed by atoms with Gasteiger partial charge in [-0.1, -0.05) is 30.3 Å². The molecule has 1 unspecified atom stereocenters. The molecule has 0 spiro atoms. The number of alkyl halides is 1. The van der Waals surface area contributed by atoms with E-state index >= 15 is 0 Å². The van der Waals surface area contributed by atoms with Crippen LogP contribution < -0.4 is 5.32 Å². The van der Waals surface area contributed by atoms with Gasteiger partial charge in [0.15, 0.2) is 0 Å². The van der Waals surface area contributed by atoms with Crippen LogP contribution >= 0.6 is 11.6 Å². The summed E-state index contributed by atoms with van der Waals surface area (Å²) in [4.78, 5) is 23.9. The van der Waals surface area contributed by atoms with Gasteiger partial charge in [-0.2, -0.15) is 0 Å². The van der Waals surface area contributed by atoms with E-state index in [-0.39, 0.29) is 11.9 Å². The van der Waals surface area contributed by atoms with Gasteiger partial charge in [0.1, 0.15) is 11.1 Å². The zero-order chi connectivity index (χ0) is 18.3. The van der Waals surface area contributed by atoms with E-state index < -0.39 is 5.38 Å². The lowest BCUT2D eigenvalue weighted by Crippen LogP contribution is -2.31. The highest BCUT2D eigenvalue weighted by molar-refractivity contribution is 6.22. The Bertz CT molecular complexity index is 820. The molecule has 1 N–H and O–H groups in total. The summed E-state index contributed by atoms with van der Waals surface area (Å²) in [5, 5.41) is 2.89. The third-order valence-corrected chi connectivity index (χ3v) is 5.49. The van der Waals surface area contributed by atoms with E-state index in [4.69, 9.17) is 16.6 Å². The average Bonchev–Trinajstić information content (AvgIpc) is 3.42. The zero-order valence-corrected chi connectivity index (χ0v) is 15.8. The van der Waals surface area contributed by atoms with Crippen molar-refractivity contribution in [2.75, 3.05) is 11.9 Å². The number of halogens is 1. The molecule has 1 atom stereocenters. The van der Waals surface area contributed by atoms with Crippen molar-refractivity contribution < 1.29 is 4.79 Å². The van der Waals surface area contributed by atoms with Crippen LogP contribution in [0.25, 0.3) is 0 Å². The third kappa shape index (κ3) is 3.28. The second-order valence-electron chi connectivity index (χ2n) is 7.38. The molecule has 1 saturated carbocycles. The first-order valence-electron chi connectivity index (χ1n) is 9.19. The van der Waals surface area contributed by atoms with E-state index in [1.165, 1.54) is 12.8 Å². The quantitative estimate of drug-likeness (QED) is 0.781. The number of nitrogens with one attached hydrogen (secondary N) is 1. The fraction of sp³-hybridized carbons (Fsp3) is 0.450. The number of hydrogen-bond acceptors (Lipinski definition) is 4. The molecule has 5 nitrogen and oxygen atoms in total. The number of fused-ring (bicyclic) bond motifs is 1. The number of nitrogens with zero attached hydrogens (tertiary/aromatic N) is 3. The Morgan fingerprint density at radius 3 is 2.62 bits per heavy atom. The van der Waals surface area contributed by atoms with Gasteiger partial charge in [-0.3, -0.25) is 4.79 Å². The minimum absolute atomic E-state index is 0.0370. The highest BCUT2D eigenvalue weighted by Crippen LogP contribution is 2.36. The second-order valence-corrected chi connectivity index (χ2v) is 7.82. The number of hydrogen-bond donors (Lipinski definition) is 1. The van der Waals surface area contributed by atoms with Crippen molar-refractivity contribution in [3.8, 4) is 0 Å². The molecule has 2 heterocycles. The molecule has 6 heteroatoms. The number of benzene rings is 1. The van der Waals surface area contributed by atoms with Crippen molar-refractivity contribution in [1.82, 2.24) is 14.9 Å². The van der Waals surface area contributed by atoms with Crippen LogP contribution in [0.1, 0.15) is 59.4 Å². The van der Waals surface area contributed by atoms with Gasteiger partial charge in [0.2, 0.25) is 5.95 Å². The van der Waals surface area contributed by atoms with Crippen molar-refractivity contribution >= 4 is 23.5 Å². The van der Waals surface area contributed by atoms with E-state index in [1.807, 2.05) is 49.1 Å². The SMILES string of the molecule is CC(C)N1Cc2c(nc(NCC3CC3)nc2C(Cl)c2ccccc2)C1=O. The molecule has 0 bridgehead atoms. The van der Waals surface area contributed by atoms with Crippen molar-refractivity contribution in [2.24, 2.45) is 5.92 Å². The molecule has 4 rings (SSSR count). The number of amides is 1. The number of carbonyl (C=O) groups is 1. The largest absolute Gasteiger partial charge is 0.354 e. The number of aromatic nitrogens is 2.